The van der Waals surface area contributed by atoms with Gasteiger partial charge < -0.3 is 15.0 Å². The van der Waals surface area contributed by atoms with Crippen molar-refractivity contribution in [2.75, 3.05) is 26.5 Å². The molecule has 0 saturated carbocycles. The Balaban J connectivity index is 1.57. The lowest BCUT2D eigenvalue weighted by Gasteiger charge is -2.10. The minimum Gasteiger partial charge on any atom is -0.497 e. The van der Waals surface area contributed by atoms with Gasteiger partial charge in [0.2, 0.25) is 5.13 Å². The number of rotatable bonds is 7. The third-order valence-electron chi connectivity index (χ3n) is 3.70. The van der Waals surface area contributed by atoms with Gasteiger partial charge in [-0.25, -0.2) is 0 Å². The van der Waals surface area contributed by atoms with Crippen LogP contribution in [0.25, 0.3) is 0 Å². The molecule has 1 N–H and O–H groups in total. The van der Waals surface area contributed by atoms with Gasteiger partial charge in [-0.05, 0) is 29.8 Å². The summed E-state index contributed by atoms with van der Waals surface area (Å²) in [4.78, 5) is 13.5. The topological polar surface area (TPSA) is 67.3 Å². The van der Waals surface area contributed by atoms with E-state index >= 15 is 0 Å². The van der Waals surface area contributed by atoms with E-state index in [4.69, 9.17) is 4.74 Å². The number of hydrogen-bond acceptors (Lipinski definition) is 7. The number of benzene rings is 2. The third kappa shape index (κ3) is 5.21. The molecule has 0 radical (unpaired) electrons. The highest BCUT2D eigenvalue weighted by atomic mass is 32.2. The van der Waals surface area contributed by atoms with Crippen molar-refractivity contribution in [2.45, 2.75) is 10.1 Å². The Bertz CT molecular complexity index is 910. The van der Waals surface area contributed by atoms with Crippen LogP contribution in [0.5, 0.6) is 5.75 Å². The number of carbonyl (C=O) groups is 1. The fourth-order valence-electron chi connectivity index (χ4n) is 2.29. The molecule has 3 rings (SSSR count). The number of ether oxygens (including phenoxy) is 1. The normalized spacial score (nSPS) is 10.5. The molecule has 27 heavy (non-hydrogen) atoms. The standard InChI is InChI=1S/C19H20N4O2S2/c1-23(2)17(24)14-9-7-13(8-10-14)12-26-19-22-21-18(27-19)20-15-5-4-6-16(11-15)25-3/h4-11H,12H2,1-3H3,(H,20,21). The zero-order valence-corrected chi connectivity index (χ0v) is 16.9. The van der Waals surface area contributed by atoms with Crippen molar-refractivity contribution >= 4 is 39.8 Å². The Morgan fingerprint density at radius 3 is 2.67 bits per heavy atom. The van der Waals surface area contributed by atoms with Gasteiger partial charge in [-0.15, -0.1) is 10.2 Å². The summed E-state index contributed by atoms with van der Waals surface area (Å²) in [6.45, 7) is 0. The van der Waals surface area contributed by atoms with Crippen molar-refractivity contribution in [2.24, 2.45) is 0 Å². The lowest BCUT2D eigenvalue weighted by atomic mass is 10.1. The van der Waals surface area contributed by atoms with Gasteiger partial charge in [0.05, 0.1) is 7.11 Å². The SMILES string of the molecule is COc1cccc(Nc2nnc(SCc3ccc(C(=O)N(C)C)cc3)s2)c1. The average molecular weight is 401 g/mol. The van der Waals surface area contributed by atoms with Crippen LogP contribution in [-0.4, -0.2) is 42.2 Å². The van der Waals surface area contributed by atoms with Gasteiger partial charge >= 0.3 is 0 Å². The van der Waals surface area contributed by atoms with Crippen molar-refractivity contribution in [3.8, 4) is 5.75 Å². The van der Waals surface area contributed by atoms with Crippen LogP contribution < -0.4 is 10.1 Å². The van der Waals surface area contributed by atoms with Crippen molar-refractivity contribution in [3.63, 3.8) is 0 Å². The summed E-state index contributed by atoms with van der Waals surface area (Å²) >= 11 is 3.12. The molecule has 6 nitrogen and oxygen atoms in total. The fraction of sp³-hybridized carbons (Fsp3) is 0.211. The quantitative estimate of drug-likeness (QED) is 0.597. The van der Waals surface area contributed by atoms with Gasteiger partial charge in [0.1, 0.15) is 5.75 Å². The molecule has 0 saturated heterocycles. The van der Waals surface area contributed by atoms with Gasteiger partial charge in [0, 0.05) is 37.2 Å². The van der Waals surface area contributed by atoms with E-state index in [0.717, 1.165) is 32.2 Å². The van der Waals surface area contributed by atoms with Gasteiger partial charge in [-0.2, -0.15) is 0 Å². The molecular weight excluding hydrogens is 380 g/mol. The van der Waals surface area contributed by atoms with Crippen LogP contribution in [0.4, 0.5) is 10.8 Å². The smallest absolute Gasteiger partial charge is 0.253 e. The summed E-state index contributed by atoms with van der Waals surface area (Å²) in [5.74, 6) is 1.56. The summed E-state index contributed by atoms with van der Waals surface area (Å²) < 4.78 is 6.10. The molecule has 0 aliphatic carbocycles. The van der Waals surface area contributed by atoms with Gasteiger partial charge in [0.25, 0.3) is 5.91 Å². The molecule has 1 aromatic heterocycles. The monoisotopic (exact) mass is 400 g/mol. The number of carbonyl (C=O) groups excluding carboxylic acids is 1. The van der Waals surface area contributed by atoms with E-state index in [1.165, 1.54) is 11.3 Å². The highest BCUT2D eigenvalue weighted by Gasteiger charge is 2.09. The first kappa shape index (κ1) is 19.2. The predicted molar refractivity (Wildman–Crippen MR) is 110 cm³/mol. The van der Waals surface area contributed by atoms with Gasteiger partial charge in [0.15, 0.2) is 4.34 Å². The fourth-order valence-corrected chi connectivity index (χ4v) is 4.02. The summed E-state index contributed by atoms with van der Waals surface area (Å²) in [6.07, 6.45) is 0. The van der Waals surface area contributed by atoms with Crippen molar-refractivity contribution in [1.82, 2.24) is 15.1 Å². The molecule has 0 spiro atoms. The highest BCUT2D eigenvalue weighted by Crippen LogP contribution is 2.30. The molecule has 1 heterocycles. The molecule has 3 aromatic rings. The molecule has 0 atom stereocenters. The van der Waals surface area contributed by atoms with E-state index in [1.807, 2.05) is 48.5 Å². The second kappa shape index (κ2) is 8.88. The minimum absolute atomic E-state index is 0.00610. The van der Waals surface area contributed by atoms with Crippen LogP contribution in [0.1, 0.15) is 15.9 Å². The Kier molecular flexibility index (Phi) is 6.31. The summed E-state index contributed by atoms with van der Waals surface area (Å²) in [5, 5.41) is 12.4. The first-order chi connectivity index (χ1) is 13.0. The van der Waals surface area contributed by atoms with E-state index < -0.39 is 0 Å². The second-order valence-electron chi connectivity index (χ2n) is 5.92. The molecule has 0 unspecified atom stereocenters. The molecule has 140 valence electrons. The van der Waals surface area contributed by atoms with Crippen LogP contribution in [0.2, 0.25) is 0 Å². The Labute approximate surface area is 166 Å². The Morgan fingerprint density at radius 2 is 1.96 bits per heavy atom. The Hall–Kier alpha value is -2.58. The highest BCUT2D eigenvalue weighted by molar-refractivity contribution is 8.00. The zero-order chi connectivity index (χ0) is 19.2. The molecule has 0 fully saturated rings. The third-order valence-corrected chi connectivity index (χ3v) is 5.74. The van der Waals surface area contributed by atoms with Crippen molar-refractivity contribution < 1.29 is 9.53 Å². The van der Waals surface area contributed by atoms with E-state index in [1.54, 1.807) is 37.9 Å². The number of thioether (sulfide) groups is 1. The molecular formula is C19H20N4O2S2. The van der Waals surface area contributed by atoms with Crippen LogP contribution >= 0.6 is 23.1 Å². The zero-order valence-electron chi connectivity index (χ0n) is 15.3. The number of nitrogens with one attached hydrogen (secondary N) is 1. The minimum atomic E-state index is 0.00610. The lowest BCUT2D eigenvalue weighted by molar-refractivity contribution is 0.0827. The number of hydrogen-bond donors (Lipinski definition) is 1. The maximum absolute atomic E-state index is 11.9. The lowest BCUT2D eigenvalue weighted by Crippen LogP contribution is -2.21. The number of aromatic nitrogens is 2. The molecule has 2 aromatic carbocycles. The molecule has 8 heteroatoms. The predicted octanol–water partition coefficient (Wildman–Crippen LogP) is 4.28. The average Bonchev–Trinajstić information content (AvgIpc) is 3.13. The summed E-state index contributed by atoms with van der Waals surface area (Å²) in [5.41, 5.74) is 2.73. The molecule has 0 aliphatic heterocycles. The number of anilines is 2. The van der Waals surface area contributed by atoms with Crippen LogP contribution in [-0.2, 0) is 5.75 Å². The summed E-state index contributed by atoms with van der Waals surface area (Å²) in [6, 6.07) is 15.3. The molecule has 1 amide bonds. The van der Waals surface area contributed by atoms with E-state index in [0.29, 0.717) is 5.56 Å². The van der Waals surface area contributed by atoms with Crippen LogP contribution in [0, 0.1) is 0 Å². The van der Waals surface area contributed by atoms with E-state index in [2.05, 4.69) is 15.5 Å². The maximum atomic E-state index is 11.9. The number of methoxy groups -OCH3 is 1. The maximum Gasteiger partial charge on any atom is 0.253 e. The van der Waals surface area contributed by atoms with E-state index in [9.17, 15) is 4.79 Å². The second-order valence-corrected chi connectivity index (χ2v) is 8.12. The van der Waals surface area contributed by atoms with Crippen LogP contribution in [0.3, 0.4) is 0 Å². The first-order valence-corrected chi connectivity index (χ1v) is 10.0. The molecule has 0 bridgehead atoms. The molecule has 0 aliphatic rings. The first-order valence-electron chi connectivity index (χ1n) is 8.23. The number of amides is 1. The largest absolute Gasteiger partial charge is 0.497 e. The van der Waals surface area contributed by atoms with E-state index in [-0.39, 0.29) is 5.91 Å². The Morgan fingerprint density at radius 1 is 1.19 bits per heavy atom. The summed E-state index contributed by atoms with van der Waals surface area (Å²) in [7, 11) is 5.14. The van der Waals surface area contributed by atoms with Crippen molar-refractivity contribution in [1.29, 1.82) is 0 Å². The van der Waals surface area contributed by atoms with Crippen molar-refractivity contribution in [3.05, 3.63) is 59.7 Å². The van der Waals surface area contributed by atoms with Gasteiger partial charge in [-0.1, -0.05) is 41.3 Å². The van der Waals surface area contributed by atoms with Gasteiger partial charge in [-0.3, -0.25) is 4.79 Å². The van der Waals surface area contributed by atoms with Crippen LogP contribution in [0.15, 0.2) is 52.9 Å². The number of nitrogens with zero attached hydrogens (tertiary/aromatic N) is 3.